The number of hydrogen-bond donors (Lipinski definition) is 1. The van der Waals surface area contributed by atoms with Gasteiger partial charge in [0.25, 0.3) is 5.22 Å². The van der Waals surface area contributed by atoms with Crippen LogP contribution < -0.4 is 5.73 Å². The summed E-state index contributed by atoms with van der Waals surface area (Å²) in [6, 6.07) is 0.262. The van der Waals surface area contributed by atoms with Gasteiger partial charge < -0.3 is 10.2 Å². The largest absolute Gasteiger partial charge is 0.440 e. The molecule has 0 radical (unpaired) electrons. The molecule has 3 nitrogen and oxygen atoms in total. The van der Waals surface area contributed by atoms with Crippen molar-refractivity contribution in [1.29, 1.82) is 0 Å². The van der Waals surface area contributed by atoms with Gasteiger partial charge in [-0.25, -0.2) is 4.98 Å². The Bertz CT molecular complexity index is 186. The lowest BCUT2D eigenvalue weighted by Gasteiger charge is -2.00. The fourth-order valence-electron chi connectivity index (χ4n) is 0.614. The molecule has 0 bridgehead atoms. The molecule has 11 heavy (non-hydrogen) atoms. The Hall–Kier alpha value is -0.480. The van der Waals surface area contributed by atoms with E-state index in [1.54, 1.807) is 24.2 Å². The van der Waals surface area contributed by atoms with Crippen LogP contribution in [0.4, 0.5) is 0 Å². The smallest absolute Gasteiger partial charge is 0.255 e. The monoisotopic (exact) mass is 172 g/mol. The highest BCUT2D eigenvalue weighted by atomic mass is 32.2. The van der Waals surface area contributed by atoms with Gasteiger partial charge in [-0.15, -0.1) is 0 Å². The quantitative estimate of drug-likeness (QED) is 0.699. The number of rotatable bonds is 4. The van der Waals surface area contributed by atoms with Crippen molar-refractivity contribution >= 4 is 11.8 Å². The van der Waals surface area contributed by atoms with E-state index in [9.17, 15) is 0 Å². The minimum absolute atomic E-state index is 0.262. The van der Waals surface area contributed by atoms with E-state index in [0.29, 0.717) is 0 Å². The zero-order valence-electron chi connectivity index (χ0n) is 6.49. The Morgan fingerprint density at radius 3 is 3.18 bits per heavy atom. The lowest BCUT2D eigenvalue weighted by molar-refractivity contribution is 0.454. The zero-order valence-corrected chi connectivity index (χ0v) is 7.30. The van der Waals surface area contributed by atoms with Gasteiger partial charge in [0, 0.05) is 11.8 Å². The van der Waals surface area contributed by atoms with E-state index < -0.39 is 0 Å². The zero-order chi connectivity index (χ0) is 8.10. The molecule has 0 spiro atoms. The summed E-state index contributed by atoms with van der Waals surface area (Å²) in [5.41, 5.74) is 5.57. The first-order chi connectivity index (χ1) is 5.29. The van der Waals surface area contributed by atoms with Crippen LogP contribution in [0.25, 0.3) is 0 Å². The number of thioether (sulfide) groups is 1. The maximum Gasteiger partial charge on any atom is 0.255 e. The van der Waals surface area contributed by atoms with Crippen LogP contribution in [0.2, 0.25) is 0 Å². The van der Waals surface area contributed by atoms with Gasteiger partial charge >= 0.3 is 0 Å². The second kappa shape index (κ2) is 4.41. The van der Waals surface area contributed by atoms with Crippen molar-refractivity contribution in [3.8, 4) is 0 Å². The molecule has 1 aromatic heterocycles. The van der Waals surface area contributed by atoms with Gasteiger partial charge in [0.05, 0.1) is 6.20 Å². The van der Waals surface area contributed by atoms with Crippen molar-refractivity contribution < 1.29 is 4.42 Å². The third-order valence-electron chi connectivity index (χ3n) is 1.21. The van der Waals surface area contributed by atoms with Crippen LogP contribution in [0.1, 0.15) is 13.3 Å². The molecule has 4 heteroatoms. The van der Waals surface area contributed by atoms with Crippen molar-refractivity contribution in [2.45, 2.75) is 24.6 Å². The topological polar surface area (TPSA) is 52.0 Å². The summed E-state index contributed by atoms with van der Waals surface area (Å²) in [7, 11) is 0. The predicted molar refractivity (Wildman–Crippen MR) is 45.5 cm³/mol. The number of nitrogens with zero attached hydrogens (tertiary/aromatic N) is 1. The second-order valence-electron chi connectivity index (χ2n) is 2.41. The molecule has 2 N–H and O–H groups in total. The molecule has 0 aliphatic heterocycles. The SMILES string of the molecule is CC(N)CCSc1ncco1. The number of hydrogen-bond acceptors (Lipinski definition) is 4. The van der Waals surface area contributed by atoms with Gasteiger partial charge in [-0.2, -0.15) is 0 Å². The van der Waals surface area contributed by atoms with Crippen molar-refractivity contribution in [3.63, 3.8) is 0 Å². The molecular formula is C7H12N2OS. The van der Waals surface area contributed by atoms with Crippen LogP contribution in [0.3, 0.4) is 0 Å². The molecule has 1 unspecified atom stereocenters. The van der Waals surface area contributed by atoms with Crippen LogP contribution in [-0.2, 0) is 0 Å². The van der Waals surface area contributed by atoms with Gasteiger partial charge in [-0.3, -0.25) is 0 Å². The predicted octanol–water partition coefficient (Wildman–Crippen LogP) is 1.50. The van der Waals surface area contributed by atoms with Crippen molar-refractivity contribution in [1.82, 2.24) is 4.98 Å². The standard InChI is InChI=1S/C7H12N2OS/c1-6(8)2-5-11-7-9-3-4-10-7/h3-4,6H,2,5,8H2,1H3. The first-order valence-corrected chi connectivity index (χ1v) is 4.55. The minimum Gasteiger partial charge on any atom is -0.440 e. The second-order valence-corrected chi connectivity index (χ2v) is 3.46. The molecule has 0 fully saturated rings. The maximum atomic E-state index is 5.57. The molecular weight excluding hydrogens is 160 g/mol. The van der Waals surface area contributed by atoms with Crippen LogP contribution in [0, 0.1) is 0 Å². The van der Waals surface area contributed by atoms with E-state index in [4.69, 9.17) is 10.2 Å². The first kappa shape index (κ1) is 8.62. The van der Waals surface area contributed by atoms with Crippen LogP contribution in [0.5, 0.6) is 0 Å². The molecule has 1 atom stereocenters. The maximum absolute atomic E-state index is 5.57. The summed E-state index contributed by atoms with van der Waals surface area (Å²) in [6.07, 6.45) is 4.22. The number of nitrogens with two attached hydrogens (primary N) is 1. The summed E-state index contributed by atoms with van der Waals surface area (Å²) in [4.78, 5) is 3.97. The van der Waals surface area contributed by atoms with E-state index in [1.807, 2.05) is 6.92 Å². The average Bonchev–Trinajstić information content (AvgIpc) is 2.39. The molecule has 0 aliphatic rings. The molecule has 0 amide bonds. The van der Waals surface area contributed by atoms with Gasteiger partial charge in [0.15, 0.2) is 0 Å². The van der Waals surface area contributed by atoms with Gasteiger partial charge in [0.2, 0.25) is 0 Å². The molecule has 0 aliphatic carbocycles. The Balaban J connectivity index is 2.14. The lowest BCUT2D eigenvalue weighted by Crippen LogP contribution is -2.15. The van der Waals surface area contributed by atoms with Crippen molar-refractivity contribution in [2.75, 3.05) is 5.75 Å². The number of aromatic nitrogens is 1. The normalized spacial score (nSPS) is 13.3. The highest BCUT2D eigenvalue weighted by molar-refractivity contribution is 7.99. The highest BCUT2D eigenvalue weighted by Crippen LogP contribution is 2.15. The van der Waals surface area contributed by atoms with Gasteiger partial charge in [0.1, 0.15) is 6.26 Å². The van der Waals surface area contributed by atoms with E-state index in [-0.39, 0.29) is 6.04 Å². The van der Waals surface area contributed by atoms with Gasteiger partial charge in [-0.1, -0.05) is 11.8 Å². The summed E-state index contributed by atoms with van der Waals surface area (Å²) >= 11 is 1.60. The molecule has 0 aromatic carbocycles. The lowest BCUT2D eigenvalue weighted by atomic mass is 10.3. The molecule has 62 valence electrons. The summed E-state index contributed by atoms with van der Waals surface area (Å²) in [5, 5.41) is 0.727. The fourth-order valence-corrected chi connectivity index (χ4v) is 1.54. The Kier molecular flexibility index (Phi) is 3.45. The molecule has 1 rings (SSSR count). The average molecular weight is 172 g/mol. The third kappa shape index (κ3) is 3.43. The third-order valence-corrected chi connectivity index (χ3v) is 2.10. The molecule has 1 aromatic rings. The van der Waals surface area contributed by atoms with Crippen LogP contribution >= 0.6 is 11.8 Å². The van der Waals surface area contributed by atoms with E-state index in [1.165, 1.54) is 0 Å². The summed E-state index contributed by atoms with van der Waals surface area (Å²) in [6.45, 7) is 2.00. The van der Waals surface area contributed by atoms with E-state index in [2.05, 4.69) is 4.98 Å². The Morgan fingerprint density at radius 1 is 1.82 bits per heavy atom. The summed E-state index contributed by atoms with van der Waals surface area (Å²) < 4.78 is 5.03. The van der Waals surface area contributed by atoms with E-state index >= 15 is 0 Å². The van der Waals surface area contributed by atoms with Crippen molar-refractivity contribution in [2.24, 2.45) is 5.73 Å². The van der Waals surface area contributed by atoms with Crippen LogP contribution in [-0.4, -0.2) is 16.8 Å². The summed E-state index contributed by atoms with van der Waals surface area (Å²) in [5.74, 6) is 0.970. The Labute approximate surface area is 70.4 Å². The molecule has 0 saturated carbocycles. The molecule has 1 heterocycles. The highest BCUT2D eigenvalue weighted by Gasteiger charge is 1.99. The van der Waals surface area contributed by atoms with Gasteiger partial charge in [-0.05, 0) is 13.3 Å². The number of oxazole rings is 1. The van der Waals surface area contributed by atoms with E-state index in [0.717, 1.165) is 17.4 Å². The van der Waals surface area contributed by atoms with Crippen LogP contribution in [0.15, 0.2) is 22.1 Å². The van der Waals surface area contributed by atoms with Crippen molar-refractivity contribution in [3.05, 3.63) is 12.5 Å². The Morgan fingerprint density at radius 2 is 2.64 bits per heavy atom. The molecule has 0 saturated heterocycles. The first-order valence-electron chi connectivity index (χ1n) is 3.57. The fraction of sp³-hybridized carbons (Fsp3) is 0.571. The minimum atomic E-state index is 0.262.